The Bertz CT molecular complexity index is 267. The molecule has 17 heavy (non-hydrogen) atoms. The maximum atomic E-state index is 11.4. The highest BCUT2D eigenvalue weighted by molar-refractivity contribution is 5.69. The molecule has 0 aromatic carbocycles. The summed E-state index contributed by atoms with van der Waals surface area (Å²) in [4.78, 5) is 11.4. The fraction of sp³-hybridized carbons (Fsp3) is 0.909. The number of carbonyl (C=O) groups is 1. The van der Waals surface area contributed by atoms with Crippen LogP contribution in [0.5, 0.6) is 0 Å². The summed E-state index contributed by atoms with van der Waals surface area (Å²) in [6, 6.07) is 0. The van der Waals surface area contributed by atoms with Crippen LogP contribution in [-0.4, -0.2) is 52.0 Å². The standard InChI is InChI=1S/C11H20O6/c1-5(2)4-7(12)17-11-10(15)9(14)8(13)6(3)16-11/h5-6,8-11,13-15H,4H2,1-3H3/t6-,8+,9+,10+,11-/m0/s1. The van der Waals surface area contributed by atoms with Gasteiger partial charge in [0.15, 0.2) is 0 Å². The topological polar surface area (TPSA) is 96.2 Å². The molecule has 3 N–H and O–H groups in total. The molecule has 1 heterocycles. The van der Waals surface area contributed by atoms with Crippen molar-refractivity contribution in [1.82, 2.24) is 0 Å². The summed E-state index contributed by atoms with van der Waals surface area (Å²) in [6.45, 7) is 5.25. The number of aliphatic hydroxyl groups excluding tert-OH is 3. The lowest BCUT2D eigenvalue weighted by Crippen LogP contribution is -2.57. The van der Waals surface area contributed by atoms with Gasteiger partial charge >= 0.3 is 5.97 Å². The molecule has 0 saturated carbocycles. The van der Waals surface area contributed by atoms with Crippen molar-refractivity contribution >= 4 is 5.97 Å². The molecule has 0 radical (unpaired) electrons. The summed E-state index contributed by atoms with van der Waals surface area (Å²) in [5, 5.41) is 28.5. The molecule has 0 spiro atoms. The van der Waals surface area contributed by atoms with E-state index in [1.165, 1.54) is 6.92 Å². The Morgan fingerprint density at radius 2 is 1.82 bits per heavy atom. The lowest BCUT2D eigenvalue weighted by atomic mass is 10.00. The fourth-order valence-corrected chi connectivity index (χ4v) is 1.62. The summed E-state index contributed by atoms with van der Waals surface area (Å²) >= 11 is 0. The van der Waals surface area contributed by atoms with Crippen LogP contribution in [-0.2, 0) is 14.3 Å². The zero-order chi connectivity index (χ0) is 13.2. The van der Waals surface area contributed by atoms with E-state index < -0.39 is 36.7 Å². The molecule has 1 aliphatic rings. The highest BCUT2D eigenvalue weighted by atomic mass is 16.7. The van der Waals surface area contributed by atoms with Crippen molar-refractivity contribution < 1.29 is 29.6 Å². The van der Waals surface area contributed by atoms with E-state index in [1.807, 2.05) is 13.8 Å². The zero-order valence-electron chi connectivity index (χ0n) is 10.2. The van der Waals surface area contributed by atoms with Gasteiger partial charge in [0.25, 0.3) is 0 Å². The second-order valence-electron chi connectivity index (χ2n) is 4.77. The van der Waals surface area contributed by atoms with Gasteiger partial charge in [-0.25, -0.2) is 0 Å². The molecule has 5 atom stereocenters. The Kier molecular flexibility index (Phi) is 4.88. The number of hydrogen-bond donors (Lipinski definition) is 3. The van der Waals surface area contributed by atoms with Crippen molar-refractivity contribution in [2.45, 2.75) is 57.9 Å². The quantitative estimate of drug-likeness (QED) is 0.577. The van der Waals surface area contributed by atoms with Crippen LogP contribution in [0.15, 0.2) is 0 Å². The molecule has 1 aliphatic heterocycles. The lowest BCUT2D eigenvalue weighted by molar-refractivity contribution is -0.284. The van der Waals surface area contributed by atoms with Crippen molar-refractivity contribution in [2.24, 2.45) is 5.92 Å². The van der Waals surface area contributed by atoms with E-state index in [9.17, 15) is 20.1 Å². The minimum Gasteiger partial charge on any atom is -0.433 e. The summed E-state index contributed by atoms with van der Waals surface area (Å²) in [5.41, 5.74) is 0. The Morgan fingerprint density at radius 3 is 2.35 bits per heavy atom. The van der Waals surface area contributed by atoms with Gasteiger partial charge in [-0.3, -0.25) is 4.79 Å². The van der Waals surface area contributed by atoms with Crippen LogP contribution in [0.2, 0.25) is 0 Å². The first-order valence-corrected chi connectivity index (χ1v) is 5.72. The van der Waals surface area contributed by atoms with Crippen molar-refractivity contribution in [2.75, 3.05) is 0 Å². The van der Waals surface area contributed by atoms with Gasteiger partial charge in [-0.2, -0.15) is 0 Å². The Morgan fingerprint density at radius 1 is 1.24 bits per heavy atom. The van der Waals surface area contributed by atoms with E-state index in [2.05, 4.69) is 0 Å². The van der Waals surface area contributed by atoms with Crippen LogP contribution in [0.3, 0.4) is 0 Å². The van der Waals surface area contributed by atoms with Gasteiger partial charge in [-0.05, 0) is 12.8 Å². The van der Waals surface area contributed by atoms with Crippen LogP contribution < -0.4 is 0 Å². The molecule has 100 valence electrons. The molecule has 6 nitrogen and oxygen atoms in total. The molecule has 0 unspecified atom stereocenters. The summed E-state index contributed by atoms with van der Waals surface area (Å²) in [6.07, 6.45) is -5.72. The first-order chi connectivity index (χ1) is 7.82. The van der Waals surface area contributed by atoms with E-state index in [0.717, 1.165) is 0 Å². The monoisotopic (exact) mass is 248 g/mol. The highest BCUT2D eigenvalue weighted by Crippen LogP contribution is 2.22. The van der Waals surface area contributed by atoms with Gasteiger partial charge in [0.2, 0.25) is 6.29 Å². The van der Waals surface area contributed by atoms with Gasteiger partial charge in [0.05, 0.1) is 6.10 Å². The average molecular weight is 248 g/mol. The first kappa shape index (κ1) is 14.4. The van der Waals surface area contributed by atoms with E-state index in [4.69, 9.17) is 9.47 Å². The van der Waals surface area contributed by atoms with Gasteiger partial charge in [0.1, 0.15) is 18.3 Å². The number of aliphatic hydroxyl groups is 3. The first-order valence-electron chi connectivity index (χ1n) is 5.72. The largest absolute Gasteiger partial charge is 0.433 e. The molecule has 0 bridgehead atoms. The predicted octanol–water partition coefficient (Wildman–Crippen LogP) is -0.597. The zero-order valence-corrected chi connectivity index (χ0v) is 10.2. The molecule has 1 saturated heterocycles. The van der Waals surface area contributed by atoms with E-state index >= 15 is 0 Å². The van der Waals surface area contributed by atoms with Crippen LogP contribution in [0, 0.1) is 5.92 Å². The summed E-state index contributed by atoms with van der Waals surface area (Å²) in [7, 11) is 0. The SMILES string of the molecule is CC(C)CC(=O)O[C@@H]1O[C@@H](C)[C@@H](O)[C@@H](O)[C@H]1O. The van der Waals surface area contributed by atoms with Gasteiger partial charge in [0, 0.05) is 6.42 Å². The van der Waals surface area contributed by atoms with Crippen molar-refractivity contribution in [3.8, 4) is 0 Å². The van der Waals surface area contributed by atoms with Gasteiger partial charge in [-0.1, -0.05) is 13.8 Å². The van der Waals surface area contributed by atoms with Crippen LogP contribution in [0.4, 0.5) is 0 Å². The maximum absolute atomic E-state index is 11.4. The molecule has 0 aromatic heterocycles. The number of ether oxygens (including phenoxy) is 2. The molecular formula is C11H20O6. The lowest BCUT2D eigenvalue weighted by Gasteiger charge is -2.38. The van der Waals surface area contributed by atoms with Crippen molar-refractivity contribution in [1.29, 1.82) is 0 Å². The van der Waals surface area contributed by atoms with Gasteiger partial charge in [-0.15, -0.1) is 0 Å². The van der Waals surface area contributed by atoms with Gasteiger partial charge < -0.3 is 24.8 Å². The third kappa shape index (κ3) is 3.64. The minimum atomic E-state index is -1.43. The Labute approximate surface area is 100 Å². The normalized spacial score (nSPS) is 38.2. The number of carbonyl (C=O) groups excluding carboxylic acids is 1. The Hall–Kier alpha value is -0.690. The van der Waals surface area contributed by atoms with E-state index in [0.29, 0.717) is 0 Å². The molecule has 1 rings (SSSR count). The Balaban J connectivity index is 2.56. The maximum Gasteiger partial charge on any atom is 0.308 e. The highest BCUT2D eigenvalue weighted by Gasteiger charge is 2.43. The predicted molar refractivity (Wildman–Crippen MR) is 57.9 cm³/mol. The smallest absolute Gasteiger partial charge is 0.308 e. The number of rotatable bonds is 3. The van der Waals surface area contributed by atoms with Crippen LogP contribution >= 0.6 is 0 Å². The third-order valence-corrected chi connectivity index (χ3v) is 2.63. The average Bonchev–Trinajstić information content (AvgIpc) is 2.21. The summed E-state index contributed by atoms with van der Waals surface area (Å²) in [5.74, 6) is -0.365. The second kappa shape index (κ2) is 5.77. The minimum absolute atomic E-state index is 0.135. The molecular weight excluding hydrogens is 228 g/mol. The molecule has 0 aliphatic carbocycles. The molecule has 6 heteroatoms. The third-order valence-electron chi connectivity index (χ3n) is 2.63. The second-order valence-corrected chi connectivity index (χ2v) is 4.77. The van der Waals surface area contributed by atoms with Crippen LogP contribution in [0.1, 0.15) is 27.2 Å². The molecule has 0 amide bonds. The molecule has 1 fully saturated rings. The fourth-order valence-electron chi connectivity index (χ4n) is 1.62. The van der Waals surface area contributed by atoms with Crippen molar-refractivity contribution in [3.05, 3.63) is 0 Å². The van der Waals surface area contributed by atoms with E-state index in [-0.39, 0.29) is 12.3 Å². The van der Waals surface area contributed by atoms with E-state index in [1.54, 1.807) is 0 Å². The summed E-state index contributed by atoms with van der Waals surface area (Å²) < 4.78 is 10.1. The number of hydrogen-bond acceptors (Lipinski definition) is 6. The van der Waals surface area contributed by atoms with Crippen LogP contribution in [0.25, 0.3) is 0 Å². The van der Waals surface area contributed by atoms with Crippen molar-refractivity contribution in [3.63, 3.8) is 0 Å². The number of esters is 1. The molecule has 0 aromatic rings.